The highest BCUT2D eigenvalue weighted by Gasteiger charge is 2.21. The molecule has 2 rings (SSSR count). The summed E-state index contributed by atoms with van der Waals surface area (Å²) >= 11 is 0. The van der Waals surface area contributed by atoms with Crippen LogP contribution in [0.3, 0.4) is 0 Å². The first kappa shape index (κ1) is 14.9. The van der Waals surface area contributed by atoms with E-state index < -0.39 is 11.8 Å². The lowest BCUT2D eigenvalue weighted by Crippen LogP contribution is -2.36. The number of hydrogen-bond donors (Lipinski definition) is 1. The van der Waals surface area contributed by atoms with E-state index in [1.54, 1.807) is 6.07 Å². The zero-order chi connectivity index (χ0) is 14.5. The van der Waals surface area contributed by atoms with Gasteiger partial charge in [0.2, 0.25) is 0 Å². The molecule has 1 fully saturated rings. The maximum Gasteiger partial charge on any atom is 0.340 e. The molecular formula is C15H20FNO3. The Bertz CT molecular complexity index is 472. The van der Waals surface area contributed by atoms with Crippen LogP contribution in [0.15, 0.2) is 18.2 Å². The SMILES string of the molecule is COC(=O)c1ccc(CNC(C)C2CCCO2)cc1F. The van der Waals surface area contributed by atoms with E-state index in [0.29, 0.717) is 6.54 Å². The van der Waals surface area contributed by atoms with Crippen molar-refractivity contribution in [2.24, 2.45) is 0 Å². The molecule has 110 valence electrons. The molecule has 1 aromatic rings. The number of methoxy groups -OCH3 is 1. The predicted octanol–water partition coefficient (Wildman–Crippen LogP) is 2.27. The van der Waals surface area contributed by atoms with Crippen molar-refractivity contribution in [1.29, 1.82) is 0 Å². The molecule has 1 saturated heterocycles. The number of halogens is 1. The number of benzene rings is 1. The van der Waals surface area contributed by atoms with Gasteiger partial charge < -0.3 is 14.8 Å². The summed E-state index contributed by atoms with van der Waals surface area (Å²) < 4.78 is 23.9. The molecule has 1 aliphatic rings. The lowest BCUT2D eigenvalue weighted by Gasteiger charge is -2.20. The zero-order valence-electron chi connectivity index (χ0n) is 11.8. The molecule has 0 aromatic heterocycles. The molecule has 20 heavy (non-hydrogen) atoms. The number of esters is 1. The van der Waals surface area contributed by atoms with E-state index in [2.05, 4.69) is 17.0 Å². The number of nitrogens with one attached hydrogen (secondary N) is 1. The van der Waals surface area contributed by atoms with Crippen LogP contribution in [0, 0.1) is 5.82 Å². The smallest absolute Gasteiger partial charge is 0.340 e. The van der Waals surface area contributed by atoms with E-state index in [0.717, 1.165) is 25.0 Å². The quantitative estimate of drug-likeness (QED) is 0.841. The Morgan fingerprint density at radius 2 is 2.40 bits per heavy atom. The monoisotopic (exact) mass is 281 g/mol. The average molecular weight is 281 g/mol. The highest BCUT2D eigenvalue weighted by atomic mass is 19.1. The Kier molecular flexibility index (Phi) is 5.09. The maximum atomic E-state index is 13.8. The Hall–Kier alpha value is -1.46. The van der Waals surface area contributed by atoms with Gasteiger partial charge in [0.25, 0.3) is 0 Å². The summed E-state index contributed by atoms with van der Waals surface area (Å²) in [5, 5.41) is 3.32. The topological polar surface area (TPSA) is 47.6 Å². The standard InChI is InChI=1S/C15H20FNO3/c1-10(14-4-3-7-20-14)17-9-11-5-6-12(13(16)8-11)15(18)19-2/h5-6,8,10,14,17H,3-4,7,9H2,1-2H3. The van der Waals surface area contributed by atoms with Gasteiger partial charge in [-0.15, -0.1) is 0 Å². The second kappa shape index (κ2) is 6.81. The van der Waals surface area contributed by atoms with Crippen LogP contribution in [-0.4, -0.2) is 31.8 Å². The minimum Gasteiger partial charge on any atom is -0.465 e. The van der Waals surface area contributed by atoms with E-state index >= 15 is 0 Å². The third-order valence-electron chi connectivity index (χ3n) is 3.59. The molecule has 1 aliphatic heterocycles. The van der Waals surface area contributed by atoms with E-state index in [4.69, 9.17) is 4.74 Å². The largest absolute Gasteiger partial charge is 0.465 e. The van der Waals surface area contributed by atoms with Crippen molar-refractivity contribution in [2.75, 3.05) is 13.7 Å². The summed E-state index contributed by atoms with van der Waals surface area (Å²) in [7, 11) is 1.24. The molecule has 2 atom stereocenters. The van der Waals surface area contributed by atoms with E-state index in [1.807, 2.05) is 0 Å². The molecule has 0 bridgehead atoms. The highest BCUT2D eigenvalue weighted by Crippen LogP contribution is 2.16. The van der Waals surface area contributed by atoms with Gasteiger partial charge in [0.05, 0.1) is 18.8 Å². The molecule has 1 aromatic carbocycles. The number of carbonyl (C=O) groups is 1. The number of hydrogen-bond acceptors (Lipinski definition) is 4. The van der Waals surface area contributed by atoms with Gasteiger partial charge in [-0.3, -0.25) is 0 Å². The molecule has 1 heterocycles. The van der Waals surface area contributed by atoms with Crippen LogP contribution < -0.4 is 5.32 Å². The maximum absolute atomic E-state index is 13.8. The van der Waals surface area contributed by atoms with Gasteiger partial charge >= 0.3 is 5.97 Å². The molecule has 4 nitrogen and oxygen atoms in total. The van der Waals surface area contributed by atoms with Gasteiger partial charge in [0.1, 0.15) is 5.82 Å². The molecule has 5 heteroatoms. The molecule has 0 spiro atoms. The average Bonchev–Trinajstić information content (AvgIpc) is 2.98. The van der Waals surface area contributed by atoms with E-state index in [-0.39, 0.29) is 17.7 Å². The Morgan fingerprint density at radius 3 is 3.00 bits per heavy atom. The molecule has 0 saturated carbocycles. The van der Waals surface area contributed by atoms with Crippen molar-refractivity contribution in [3.8, 4) is 0 Å². The summed E-state index contributed by atoms with van der Waals surface area (Å²) in [5.41, 5.74) is 0.753. The van der Waals surface area contributed by atoms with Gasteiger partial charge in [0, 0.05) is 19.2 Å². The van der Waals surface area contributed by atoms with Crippen LogP contribution in [0.1, 0.15) is 35.7 Å². The zero-order valence-corrected chi connectivity index (χ0v) is 11.8. The Balaban J connectivity index is 1.93. The first-order valence-corrected chi connectivity index (χ1v) is 6.83. The van der Waals surface area contributed by atoms with Gasteiger partial charge in [-0.25, -0.2) is 9.18 Å². The molecule has 1 N–H and O–H groups in total. The summed E-state index contributed by atoms with van der Waals surface area (Å²) in [4.78, 5) is 11.3. The molecular weight excluding hydrogens is 261 g/mol. The minimum atomic E-state index is -0.658. The number of rotatable bonds is 5. The third kappa shape index (κ3) is 3.55. The summed E-state index contributed by atoms with van der Waals surface area (Å²) in [5.74, 6) is -1.21. The van der Waals surface area contributed by atoms with Crippen molar-refractivity contribution < 1.29 is 18.7 Å². The van der Waals surface area contributed by atoms with Crippen molar-refractivity contribution in [2.45, 2.75) is 38.5 Å². The minimum absolute atomic E-state index is 0.0385. The van der Waals surface area contributed by atoms with Crippen LogP contribution in [-0.2, 0) is 16.0 Å². The van der Waals surface area contributed by atoms with E-state index in [9.17, 15) is 9.18 Å². The van der Waals surface area contributed by atoms with Crippen molar-refractivity contribution in [1.82, 2.24) is 5.32 Å². The second-order valence-corrected chi connectivity index (χ2v) is 5.03. The summed E-state index contributed by atoms with van der Waals surface area (Å²) in [6.45, 7) is 3.42. The summed E-state index contributed by atoms with van der Waals surface area (Å²) in [6.07, 6.45) is 2.39. The normalized spacial score (nSPS) is 19.9. The van der Waals surface area contributed by atoms with Gasteiger partial charge in [-0.05, 0) is 37.5 Å². The fourth-order valence-corrected chi connectivity index (χ4v) is 2.35. The second-order valence-electron chi connectivity index (χ2n) is 5.03. The molecule has 2 unspecified atom stereocenters. The molecule has 0 radical (unpaired) electrons. The van der Waals surface area contributed by atoms with Gasteiger partial charge in [0.15, 0.2) is 0 Å². The lowest BCUT2D eigenvalue weighted by molar-refractivity contribution is 0.0595. The van der Waals surface area contributed by atoms with Crippen molar-refractivity contribution in [3.63, 3.8) is 0 Å². The van der Waals surface area contributed by atoms with E-state index in [1.165, 1.54) is 19.2 Å². The Labute approximate surface area is 118 Å². The lowest BCUT2D eigenvalue weighted by atomic mass is 10.1. The van der Waals surface area contributed by atoms with Crippen LogP contribution in [0.25, 0.3) is 0 Å². The van der Waals surface area contributed by atoms with Crippen molar-refractivity contribution >= 4 is 5.97 Å². The van der Waals surface area contributed by atoms with Gasteiger partial charge in [-0.2, -0.15) is 0 Å². The van der Waals surface area contributed by atoms with Crippen LogP contribution >= 0.6 is 0 Å². The predicted molar refractivity (Wildman–Crippen MR) is 73.0 cm³/mol. The van der Waals surface area contributed by atoms with Crippen molar-refractivity contribution in [3.05, 3.63) is 35.1 Å². The fourth-order valence-electron chi connectivity index (χ4n) is 2.35. The fraction of sp³-hybridized carbons (Fsp3) is 0.533. The molecule has 0 aliphatic carbocycles. The first-order chi connectivity index (χ1) is 9.61. The Morgan fingerprint density at radius 1 is 1.60 bits per heavy atom. The summed E-state index contributed by atoms with van der Waals surface area (Å²) in [6, 6.07) is 4.77. The third-order valence-corrected chi connectivity index (χ3v) is 3.59. The number of carbonyl (C=O) groups excluding carboxylic acids is 1. The highest BCUT2D eigenvalue weighted by molar-refractivity contribution is 5.89. The van der Waals surface area contributed by atoms with Gasteiger partial charge in [-0.1, -0.05) is 6.07 Å². The van der Waals surface area contributed by atoms with Crippen LogP contribution in [0.2, 0.25) is 0 Å². The number of ether oxygens (including phenoxy) is 2. The molecule has 0 amide bonds. The van der Waals surface area contributed by atoms with Crippen LogP contribution in [0.5, 0.6) is 0 Å². The first-order valence-electron chi connectivity index (χ1n) is 6.83. The van der Waals surface area contributed by atoms with Crippen LogP contribution in [0.4, 0.5) is 4.39 Å².